The second kappa shape index (κ2) is 7.29. The molecular weight excluding hydrogens is 198 g/mol. The molecule has 0 radical (unpaired) electrons. The highest BCUT2D eigenvalue weighted by Crippen LogP contribution is 2.31. The molecule has 0 aromatic heterocycles. The summed E-state index contributed by atoms with van der Waals surface area (Å²) in [6.45, 7) is 6.77. The molecule has 3 atom stereocenters. The first-order chi connectivity index (χ1) is 7.67. The molecule has 0 aliphatic heterocycles. The molecule has 3 unspecified atom stereocenters. The normalized spacial score (nSPS) is 30.9. The molecule has 1 rings (SSSR count). The van der Waals surface area contributed by atoms with Gasteiger partial charge in [0.15, 0.2) is 0 Å². The minimum atomic E-state index is -0.0492. The van der Waals surface area contributed by atoms with Gasteiger partial charge in [0.1, 0.15) is 0 Å². The third-order valence-corrected chi connectivity index (χ3v) is 4.07. The molecular formula is C14H29NO. The Kier molecular flexibility index (Phi) is 6.37. The lowest BCUT2D eigenvalue weighted by atomic mass is 9.78. The average Bonchev–Trinajstić information content (AvgIpc) is 2.29. The summed E-state index contributed by atoms with van der Waals surface area (Å²) < 4.78 is 0. The molecule has 0 spiro atoms. The minimum Gasteiger partial charge on any atom is -0.393 e. The SMILES string of the molecule is CCCCN(C)CC1CC(CC)CCC1O. The summed E-state index contributed by atoms with van der Waals surface area (Å²) in [5.41, 5.74) is 0. The van der Waals surface area contributed by atoms with Gasteiger partial charge >= 0.3 is 0 Å². The van der Waals surface area contributed by atoms with Crippen molar-refractivity contribution in [3.05, 3.63) is 0 Å². The molecule has 1 saturated carbocycles. The van der Waals surface area contributed by atoms with Crippen LogP contribution in [0.3, 0.4) is 0 Å². The molecule has 0 bridgehead atoms. The van der Waals surface area contributed by atoms with Gasteiger partial charge in [0.2, 0.25) is 0 Å². The summed E-state index contributed by atoms with van der Waals surface area (Å²) in [6.07, 6.45) is 7.24. The van der Waals surface area contributed by atoms with Crippen molar-refractivity contribution in [2.75, 3.05) is 20.1 Å². The van der Waals surface area contributed by atoms with E-state index in [1.165, 1.54) is 38.6 Å². The Bertz CT molecular complexity index is 184. The fourth-order valence-corrected chi connectivity index (χ4v) is 2.83. The van der Waals surface area contributed by atoms with Crippen molar-refractivity contribution in [3.63, 3.8) is 0 Å². The Labute approximate surface area is 101 Å². The van der Waals surface area contributed by atoms with Gasteiger partial charge in [0.05, 0.1) is 6.10 Å². The van der Waals surface area contributed by atoms with E-state index in [2.05, 4.69) is 25.8 Å². The lowest BCUT2D eigenvalue weighted by molar-refractivity contribution is 0.0308. The van der Waals surface area contributed by atoms with E-state index in [0.29, 0.717) is 5.92 Å². The highest BCUT2D eigenvalue weighted by Gasteiger charge is 2.28. The van der Waals surface area contributed by atoms with Gasteiger partial charge in [0, 0.05) is 6.54 Å². The maximum absolute atomic E-state index is 10.0. The second-order valence-electron chi connectivity index (χ2n) is 5.53. The monoisotopic (exact) mass is 227 g/mol. The predicted octanol–water partition coefficient (Wildman–Crippen LogP) is 2.91. The van der Waals surface area contributed by atoms with E-state index in [1.807, 2.05) is 0 Å². The minimum absolute atomic E-state index is 0.0492. The van der Waals surface area contributed by atoms with E-state index < -0.39 is 0 Å². The zero-order valence-electron chi connectivity index (χ0n) is 11.3. The molecule has 0 heterocycles. The maximum atomic E-state index is 10.0. The van der Waals surface area contributed by atoms with Crippen LogP contribution in [-0.4, -0.2) is 36.2 Å². The first-order valence-electron chi connectivity index (χ1n) is 7.03. The Morgan fingerprint density at radius 3 is 2.62 bits per heavy atom. The predicted molar refractivity (Wildman–Crippen MR) is 69.5 cm³/mol. The standard InChI is InChI=1S/C14H29NO/c1-4-6-9-15(3)11-13-10-12(5-2)7-8-14(13)16/h12-14,16H,4-11H2,1-3H3. The highest BCUT2D eigenvalue weighted by molar-refractivity contribution is 4.81. The number of aliphatic hydroxyl groups is 1. The summed E-state index contributed by atoms with van der Waals surface area (Å²) in [4.78, 5) is 2.40. The third-order valence-electron chi connectivity index (χ3n) is 4.07. The lowest BCUT2D eigenvalue weighted by Crippen LogP contribution is -2.37. The van der Waals surface area contributed by atoms with Crippen LogP contribution in [0.15, 0.2) is 0 Å². The Morgan fingerprint density at radius 2 is 2.00 bits per heavy atom. The van der Waals surface area contributed by atoms with Crippen LogP contribution < -0.4 is 0 Å². The molecule has 0 aromatic carbocycles. The van der Waals surface area contributed by atoms with Crippen LogP contribution in [-0.2, 0) is 0 Å². The summed E-state index contributed by atoms with van der Waals surface area (Å²) >= 11 is 0. The lowest BCUT2D eigenvalue weighted by Gasteiger charge is -2.35. The third kappa shape index (κ3) is 4.42. The number of aliphatic hydroxyl groups excluding tert-OH is 1. The summed E-state index contributed by atoms with van der Waals surface area (Å²) in [6, 6.07) is 0. The number of unbranched alkanes of at least 4 members (excludes halogenated alkanes) is 1. The van der Waals surface area contributed by atoms with Gasteiger partial charge in [-0.15, -0.1) is 0 Å². The topological polar surface area (TPSA) is 23.5 Å². The molecule has 1 aliphatic carbocycles. The van der Waals surface area contributed by atoms with Crippen LogP contribution in [0.5, 0.6) is 0 Å². The van der Waals surface area contributed by atoms with Crippen molar-refractivity contribution in [2.45, 2.75) is 58.5 Å². The number of hydrogen-bond acceptors (Lipinski definition) is 2. The average molecular weight is 227 g/mol. The van der Waals surface area contributed by atoms with Crippen LogP contribution in [0.1, 0.15) is 52.4 Å². The molecule has 0 aromatic rings. The van der Waals surface area contributed by atoms with Crippen molar-refractivity contribution in [1.29, 1.82) is 0 Å². The highest BCUT2D eigenvalue weighted by atomic mass is 16.3. The van der Waals surface area contributed by atoms with Crippen LogP contribution in [0, 0.1) is 11.8 Å². The number of nitrogens with zero attached hydrogens (tertiary/aromatic N) is 1. The maximum Gasteiger partial charge on any atom is 0.0580 e. The first-order valence-corrected chi connectivity index (χ1v) is 7.03. The Morgan fingerprint density at radius 1 is 1.25 bits per heavy atom. The molecule has 0 amide bonds. The van der Waals surface area contributed by atoms with Crippen molar-refractivity contribution >= 4 is 0 Å². The summed E-state index contributed by atoms with van der Waals surface area (Å²) in [7, 11) is 2.19. The quantitative estimate of drug-likeness (QED) is 0.754. The number of rotatable bonds is 6. The molecule has 16 heavy (non-hydrogen) atoms. The smallest absolute Gasteiger partial charge is 0.0580 e. The van der Waals surface area contributed by atoms with E-state index >= 15 is 0 Å². The van der Waals surface area contributed by atoms with Crippen LogP contribution >= 0.6 is 0 Å². The van der Waals surface area contributed by atoms with Gasteiger partial charge in [-0.2, -0.15) is 0 Å². The largest absolute Gasteiger partial charge is 0.393 e. The van der Waals surface area contributed by atoms with Gasteiger partial charge in [-0.3, -0.25) is 0 Å². The van der Waals surface area contributed by atoms with E-state index in [1.54, 1.807) is 0 Å². The van der Waals surface area contributed by atoms with E-state index in [-0.39, 0.29) is 6.10 Å². The summed E-state index contributed by atoms with van der Waals surface area (Å²) in [5, 5.41) is 10.0. The van der Waals surface area contributed by atoms with Crippen molar-refractivity contribution in [3.8, 4) is 0 Å². The van der Waals surface area contributed by atoms with Gasteiger partial charge in [-0.1, -0.05) is 26.7 Å². The fourth-order valence-electron chi connectivity index (χ4n) is 2.83. The van der Waals surface area contributed by atoms with Crippen molar-refractivity contribution < 1.29 is 5.11 Å². The van der Waals surface area contributed by atoms with Crippen LogP contribution in [0.2, 0.25) is 0 Å². The van der Waals surface area contributed by atoms with Crippen LogP contribution in [0.4, 0.5) is 0 Å². The van der Waals surface area contributed by atoms with Crippen molar-refractivity contribution in [2.24, 2.45) is 11.8 Å². The van der Waals surface area contributed by atoms with E-state index in [0.717, 1.165) is 18.9 Å². The molecule has 1 fully saturated rings. The fraction of sp³-hybridized carbons (Fsp3) is 1.00. The van der Waals surface area contributed by atoms with E-state index in [9.17, 15) is 5.11 Å². The van der Waals surface area contributed by atoms with Gasteiger partial charge in [-0.05, 0) is 51.1 Å². The Hall–Kier alpha value is -0.0800. The van der Waals surface area contributed by atoms with Gasteiger partial charge < -0.3 is 10.0 Å². The van der Waals surface area contributed by atoms with Crippen LogP contribution in [0.25, 0.3) is 0 Å². The molecule has 96 valence electrons. The first kappa shape index (κ1) is 14.0. The molecule has 0 saturated heterocycles. The molecule has 1 N–H and O–H groups in total. The molecule has 2 heteroatoms. The van der Waals surface area contributed by atoms with E-state index in [4.69, 9.17) is 0 Å². The number of hydrogen-bond donors (Lipinski definition) is 1. The zero-order chi connectivity index (χ0) is 12.0. The Balaban J connectivity index is 2.32. The molecule has 2 nitrogen and oxygen atoms in total. The summed E-state index contributed by atoms with van der Waals surface area (Å²) in [5.74, 6) is 1.37. The van der Waals surface area contributed by atoms with Gasteiger partial charge in [0.25, 0.3) is 0 Å². The second-order valence-corrected chi connectivity index (χ2v) is 5.53. The van der Waals surface area contributed by atoms with Gasteiger partial charge in [-0.25, -0.2) is 0 Å². The van der Waals surface area contributed by atoms with Crippen molar-refractivity contribution in [1.82, 2.24) is 4.90 Å². The molecule has 1 aliphatic rings. The zero-order valence-corrected chi connectivity index (χ0v) is 11.3.